The first-order chi connectivity index (χ1) is 9.97. The molecule has 0 aliphatic heterocycles. The third-order valence-corrected chi connectivity index (χ3v) is 2.39. The molecule has 1 aromatic carbocycles. The van der Waals surface area contributed by atoms with Gasteiger partial charge in [-0.15, -0.1) is 4.91 Å². The highest BCUT2D eigenvalue weighted by atomic mass is 16.5. The molecular formula is C13H13NO7. The van der Waals surface area contributed by atoms with E-state index in [0.29, 0.717) is 5.56 Å². The summed E-state index contributed by atoms with van der Waals surface area (Å²) >= 11 is 0. The van der Waals surface area contributed by atoms with Crippen LogP contribution in [0, 0.1) is 4.91 Å². The predicted octanol–water partition coefficient (Wildman–Crippen LogP) is 1.41. The number of carbonyl (C=O) groups is 3. The van der Waals surface area contributed by atoms with Crippen LogP contribution in [0.3, 0.4) is 0 Å². The van der Waals surface area contributed by atoms with Gasteiger partial charge < -0.3 is 14.6 Å². The maximum absolute atomic E-state index is 11.6. The number of ether oxygens (including phenoxy) is 2. The Morgan fingerprint density at radius 1 is 1.14 bits per heavy atom. The van der Waals surface area contributed by atoms with Gasteiger partial charge >= 0.3 is 11.9 Å². The van der Waals surface area contributed by atoms with Crippen molar-refractivity contribution in [3.05, 3.63) is 28.7 Å². The molecule has 1 aromatic rings. The lowest BCUT2D eigenvalue weighted by atomic mass is 10.1. The lowest BCUT2D eigenvalue weighted by Crippen LogP contribution is -2.13. The maximum Gasteiger partial charge on any atom is 0.341 e. The molecule has 0 saturated carbocycles. The van der Waals surface area contributed by atoms with E-state index in [1.807, 2.05) is 0 Å². The van der Waals surface area contributed by atoms with Crippen LogP contribution in [0.15, 0.2) is 23.4 Å². The van der Waals surface area contributed by atoms with Crippen LogP contribution in [0.2, 0.25) is 0 Å². The van der Waals surface area contributed by atoms with Crippen LogP contribution in [0.5, 0.6) is 11.5 Å². The fourth-order valence-corrected chi connectivity index (χ4v) is 1.42. The van der Waals surface area contributed by atoms with E-state index in [1.54, 1.807) is 6.92 Å². The Balaban J connectivity index is 2.99. The van der Waals surface area contributed by atoms with Gasteiger partial charge in [0.25, 0.3) is 0 Å². The van der Waals surface area contributed by atoms with E-state index in [9.17, 15) is 19.3 Å². The molecule has 112 valence electrons. The van der Waals surface area contributed by atoms with E-state index < -0.39 is 25.1 Å². The van der Waals surface area contributed by atoms with Crippen molar-refractivity contribution in [2.75, 3.05) is 13.2 Å². The minimum Gasteiger partial charge on any atom is -0.480 e. The summed E-state index contributed by atoms with van der Waals surface area (Å²) in [6, 6.07) is 4.14. The lowest BCUT2D eigenvalue weighted by Gasteiger charge is -2.11. The van der Waals surface area contributed by atoms with E-state index in [2.05, 4.69) is 5.18 Å². The van der Waals surface area contributed by atoms with E-state index in [-0.39, 0.29) is 23.7 Å². The Morgan fingerprint density at radius 3 is 2.38 bits per heavy atom. The Morgan fingerprint density at radius 2 is 1.81 bits per heavy atom. The van der Waals surface area contributed by atoms with Crippen LogP contribution in [0.1, 0.15) is 23.7 Å². The molecule has 0 saturated heterocycles. The summed E-state index contributed by atoms with van der Waals surface area (Å²) in [6.45, 7) is 0.436. The Labute approximate surface area is 119 Å². The largest absolute Gasteiger partial charge is 0.480 e. The van der Waals surface area contributed by atoms with Crippen LogP contribution in [0.25, 0.3) is 0 Å². The van der Waals surface area contributed by atoms with E-state index >= 15 is 0 Å². The molecule has 0 atom stereocenters. The second-order valence-corrected chi connectivity index (χ2v) is 3.89. The van der Waals surface area contributed by atoms with Crippen molar-refractivity contribution in [2.24, 2.45) is 5.18 Å². The van der Waals surface area contributed by atoms with Crippen LogP contribution >= 0.6 is 0 Å². The van der Waals surface area contributed by atoms with Crippen molar-refractivity contribution in [1.29, 1.82) is 0 Å². The number of aliphatic carboxylic acids is 1. The molecule has 21 heavy (non-hydrogen) atoms. The Hall–Kier alpha value is -2.77. The number of carboxylic acid groups (broad SMARTS) is 1. The van der Waals surface area contributed by atoms with Crippen molar-refractivity contribution >= 4 is 17.7 Å². The quantitative estimate of drug-likeness (QED) is 0.568. The number of amides is 1. The number of carboxylic acids is 1. The number of benzene rings is 1. The van der Waals surface area contributed by atoms with Gasteiger partial charge in [-0.05, 0) is 18.2 Å². The first kappa shape index (κ1) is 16.3. The zero-order chi connectivity index (χ0) is 15.8. The minimum atomic E-state index is -1.19. The molecule has 0 spiro atoms. The number of hydrogen-bond donors (Lipinski definition) is 1. The predicted molar refractivity (Wildman–Crippen MR) is 70.5 cm³/mol. The molecule has 0 aromatic heterocycles. The number of Topliss-reactive ketones (excluding diaryl/α,β-unsaturated/α-hetero) is 1. The summed E-state index contributed by atoms with van der Waals surface area (Å²) in [5, 5.41) is 10.7. The van der Waals surface area contributed by atoms with Crippen molar-refractivity contribution in [2.45, 2.75) is 13.3 Å². The molecule has 0 bridgehead atoms. The molecule has 0 aliphatic carbocycles. The zero-order valence-electron chi connectivity index (χ0n) is 11.2. The first-order valence-electron chi connectivity index (χ1n) is 5.98. The monoisotopic (exact) mass is 295 g/mol. The van der Waals surface area contributed by atoms with Crippen molar-refractivity contribution < 1.29 is 29.0 Å². The van der Waals surface area contributed by atoms with Crippen LogP contribution in [-0.2, 0) is 9.59 Å². The number of ketones is 1. The fraction of sp³-hybridized carbons (Fsp3) is 0.308. The second kappa shape index (κ2) is 7.73. The van der Waals surface area contributed by atoms with Gasteiger partial charge in [0.15, 0.2) is 30.5 Å². The summed E-state index contributed by atoms with van der Waals surface area (Å²) in [4.78, 5) is 42.9. The highest BCUT2D eigenvalue weighted by molar-refractivity contribution is 5.96. The summed E-state index contributed by atoms with van der Waals surface area (Å²) in [7, 11) is 0. The van der Waals surface area contributed by atoms with Gasteiger partial charge in [-0.3, -0.25) is 9.59 Å². The van der Waals surface area contributed by atoms with Gasteiger partial charge in [0.2, 0.25) is 0 Å². The fourth-order valence-electron chi connectivity index (χ4n) is 1.42. The van der Waals surface area contributed by atoms with Gasteiger partial charge in [-0.1, -0.05) is 6.92 Å². The maximum atomic E-state index is 11.6. The second-order valence-electron chi connectivity index (χ2n) is 3.89. The van der Waals surface area contributed by atoms with Gasteiger partial charge in [0.05, 0.1) is 0 Å². The molecular weight excluding hydrogens is 282 g/mol. The molecule has 0 aliphatic rings. The first-order valence-corrected chi connectivity index (χ1v) is 5.98. The zero-order valence-corrected chi connectivity index (χ0v) is 11.2. The number of carbonyl (C=O) groups excluding carboxylic acids is 2. The topological polar surface area (TPSA) is 119 Å². The highest BCUT2D eigenvalue weighted by Gasteiger charge is 2.13. The number of nitrogens with zero attached hydrogens (tertiary/aromatic N) is 1. The Bertz CT molecular complexity index is 568. The molecule has 1 rings (SSSR count). The van der Waals surface area contributed by atoms with Gasteiger partial charge in [0, 0.05) is 17.2 Å². The summed E-state index contributed by atoms with van der Waals surface area (Å²) in [5.41, 5.74) is 0.321. The van der Waals surface area contributed by atoms with E-state index in [4.69, 9.17) is 14.6 Å². The third kappa shape index (κ3) is 5.01. The molecule has 8 heteroatoms. The molecule has 1 amide bonds. The van der Waals surface area contributed by atoms with Crippen LogP contribution in [0.4, 0.5) is 0 Å². The van der Waals surface area contributed by atoms with Crippen molar-refractivity contribution in [3.8, 4) is 11.5 Å². The number of rotatable bonds is 8. The number of hydrogen-bond acceptors (Lipinski definition) is 6. The molecule has 0 radical (unpaired) electrons. The summed E-state index contributed by atoms with van der Waals surface area (Å²) in [5.74, 6) is -2.35. The van der Waals surface area contributed by atoms with Crippen molar-refractivity contribution in [1.82, 2.24) is 0 Å². The van der Waals surface area contributed by atoms with Crippen LogP contribution in [-0.4, -0.2) is 36.0 Å². The lowest BCUT2D eigenvalue weighted by molar-refractivity contribution is -0.139. The van der Waals surface area contributed by atoms with E-state index in [0.717, 1.165) is 0 Å². The average molecular weight is 295 g/mol. The molecule has 8 nitrogen and oxygen atoms in total. The molecule has 0 unspecified atom stereocenters. The molecule has 1 N–H and O–H groups in total. The Kier molecular flexibility index (Phi) is 5.99. The third-order valence-electron chi connectivity index (χ3n) is 2.39. The highest BCUT2D eigenvalue weighted by Crippen LogP contribution is 2.29. The van der Waals surface area contributed by atoms with Gasteiger partial charge in [0.1, 0.15) is 0 Å². The smallest absolute Gasteiger partial charge is 0.341 e. The van der Waals surface area contributed by atoms with E-state index in [1.165, 1.54) is 18.2 Å². The summed E-state index contributed by atoms with van der Waals surface area (Å²) < 4.78 is 10.0. The van der Waals surface area contributed by atoms with Crippen molar-refractivity contribution in [3.63, 3.8) is 0 Å². The number of nitroso groups, excluding NO2 is 1. The average Bonchev–Trinajstić information content (AvgIpc) is 2.49. The standard InChI is InChI=1S/C13H13NO7/c1-2-9(15)8-3-4-10(21-7-13(17)18)11(5-8)20-6-12(16)14-19/h3-5H,2,6-7H2,1H3,(H,17,18). The molecule has 0 fully saturated rings. The van der Waals surface area contributed by atoms with Crippen LogP contribution < -0.4 is 9.47 Å². The SMILES string of the molecule is CCC(=O)c1ccc(OCC(=O)O)c(OCC(=O)N=O)c1. The molecule has 0 heterocycles. The van der Waals surface area contributed by atoms with Gasteiger partial charge in [-0.25, -0.2) is 4.79 Å². The normalized spacial score (nSPS) is 9.76. The van der Waals surface area contributed by atoms with Gasteiger partial charge in [-0.2, -0.15) is 0 Å². The summed E-state index contributed by atoms with van der Waals surface area (Å²) in [6.07, 6.45) is 0.267. The minimum absolute atomic E-state index is 0.00690.